The smallest absolute Gasteiger partial charge is 0.240 e. The van der Waals surface area contributed by atoms with E-state index in [9.17, 15) is 8.42 Å². The number of anilines is 1. The first kappa shape index (κ1) is 16.3. The number of thiophene rings is 1. The van der Waals surface area contributed by atoms with E-state index in [1.54, 1.807) is 18.2 Å². The molecule has 0 saturated carbocycles. The lowest BCUT2D eigenvalue weighted by molar-refractivity contribution is 0.588. The molecule has 1 aromatic carbocycles. The van der Waals surface area contributed by atoms with E-state index in [-0.39, 0.29) is 10.9 Å². The van der Waals surface area contributed by atoms with Gasteiger partial charge < -0.3 is 5.32 Å². The second kappa shape index (κ2) is 6.36. The monoisotopic (exact) mass is 344 g/mol. The Labute approximate surface area is 134 Å². The van der Waals surface area contributed by atoms with Gasteiger partial charge in [-0.3, -0.25) is 0 Å². The van der Waals surface area contributed by atoms with Gasteiger partial charge in [0.1, 0.15) is 0 Å². The van der Waals surface area contributed by atoms with Gasteiger partial charge in [0, 0.05) is 11.7 Å². The van der Waals surface area contributed by atoms with Crippen molar-refractivity contribution in [2.75, 3.05) is 12.4 Å². The molecule has 1 aromatic heterocycles. The Kier molecular flexibility index (Phi) is 4.93. The van der Waals surface area contributed by atoms with Gasteiger partial charge in [-0.1, -0.05) is 17.7 Å². The topological polar surface area (TPSA) is 58.2 Å². The van der Waals surface area contributed by atoms with E-state index >= 15 is 0 Å². The highest BCUT2D eigenvalue weighted by Crippen LogP contribution is 2.29. The maximum Gasteiger partial charge on any atom is 0.240 e. The number of rotatable bonds is 5. The third-order valence-corrected chi connectivity index (χ3v) is 5.77. The summed E-state index contributed by atoms with van der Waals surface area (Å²) in [7, 11) is -2.04. The van der Waals surface area contributed by atoms with Crippen molar-refractivity contribution in [2.45, 2.75) is 24.8 Å². The highest BCUT2D eigenvalue weighted by atomic mass is 35.5. The molecule has 0 bridgehead atoms. The first-order valence-corrected chi connectivity index (χ1v) is 9.12. The molecule has 0 amide bonds. The average Bonchev–Trinajstić information content (AvgIpc) is 2.87. The van der Waals surface area contributed by atoms with E-state index in [1.165, 1.54) is 18.4 Å². The molecular formula is C14H17ClN2O2S2. The zero-order chi connectivity index (χ0) is 15.6. The average molecular weight is 345 g/mol. The zero-order valence-corrected chi connectivity index (χ0v) is 14.4. The molecule has 7 heteroatoms. The molecule has 0 radical (unpaired) electrons. The van der Waals surface area contributed by atoms with Crippen molar-refractivity contribution in [2.24, 2.45) is 0 Å². The molecule has 1 unspecified atom stereocenters. The van der Waals surface area contributed by atoms with E-state index in [0.717, 1.165) is 21.2 Å². The molecule has 114 valence electrons. The molecule has 0 saturated heterocycles. The molecule has 1 heterocycles. The molecule has 2 N–H and O–H groups in total. The lowest BCUT2D eigenvalue weighted by Crippen LogP contribution is -2.19. The maximum absolute atomic E-state index is 11.9. The van der Waals surface area contributed by atoms with Crippen LogP contribution in [0.15, 0.2) is 34.5 Å². The highest BCUT2D eigenvalue weighted by Gasteiger charge is 2.14. The highest BCUT2D eigenvalue weighted by molar-refractivity contribution is 7.89. The summed E-state index contributed by atoms with van der Waals surface area (Å²) in [5, 5.41) is 5.32. The van der Waals surface area contributed by atoms with Crippen LogP contribution >= 0.6 is 22.9 Å². The van der Waals surface area contributed by atoms with E-state index in [2.05, 4.69) is 10.0 Å². The van der Waals surface area contributed by atoms with Crippen LogP contribution in [-0.2, 0) is 10.0 Å². The number of sulfonamides is 1. The number of hydrogen-bond acceptors (Lipinski definition) is 4. The molecule has 21 heavy (non-hydrogen) atoms. The molecule has 1 atom stereocenters. The van der Waals surface area contributed by atoms with Crippen LogP contribution in [0.25, 0.3) is 0 Å². The van der Waals surface area contributed by atoms with Crippen LogP contribution in [0.5, 0.6) is 0 Å². The number of nitrogens with one attached hydrogen (secondary N) is 2. The second-order valence-corrected chi connectivity index (χ2v) is 8.16. The lowest BCUT2D eigenvalue weighted by atomic mass is 10.1. The first-order chi connectivity index (χ1) is 9.83. The van der Waals surface area contributed by atoms with Gasteiger partial charge in [-0.25, -0.2) is 13.1 Å². The van der Waals surface area contributed by atoms with E-state index in [0.29, 0.717) is 0 Å². The fourth-order valence-corrected chi connectivity index (χ4v) is 3.65. The minimum absolute atomic E-state index is 0.0417. The van der Waals surface area contributed by atoms with E-state index in [4.69, 9.17) is 11.6 Å². The van der Waals surface area contributed by atoms with Crippen molar-refractivity contribution in [3.8, 4) is 0 Å². The van der Waals surface area contributed by atoms with Crippen LogP contribution in [-0.4, -0.2) is 15.5 Å². The Hall–Kier alpha value is -1.08. The molecule has 0 aliphatic carbocycles. The summed E-state index contributed by atoms with van der Waals surface area (Å²) in [6.45, 7) is 3.95. The third-order valence-electron chi connectivity index (χ3n) is 3.25. The van der Waals surface area contributed by atoms with Gasteiger partial charge >= 0.3 is 0 Å². The molecular weight excluding hydrogens is 328 g/mol. The van der Waals surface area contributed by atoms with Crippen molar-refractivity contribution < 1.29 is 8.42 Å². The maximum atomic E-state index is 11.9. The van der Waals surface area contributed by atoms with Crippen molar-refractivity contribution in [3.63, 3.8) is 0 Å². The number of halogens is 1. The van der Waals surface area contributed by atoms with Crippen LogP contribution in [0.2, 0.25) is 4.34 Å². The van der Waals surface area contributed by atoms with Gasteiger partial charge in [-0.2, -0.15) is 0 Å². The van der Waals surface area contributed by atoms with Gasteiger partial charge in [-0.15, -0.1) is 11.3 Å². The van der Waals surface area contributed by atoms with Crippen LogP contribution < -0.4 is 10.0 Å². The lowest BCUT2D eigenvalue weighted by Gasteiger charge is -2.17. The molecule has 0 aliphatic heterocycles. The summed E-state index contributed by atoms with van der Waals surface area (Å²) in [6.07, 6.45) is 0. The number of hydrogen-bond donors (Lipinski definition) is 2. The van der Waals surface area contributed by atoms with Crippen LogP contribution in [0, 0.1) is 6.92 Å². The summed E-state index contributed by atoms with van der Waals surface area (Å²) >= 11 is 7.42. The van der Waals surface area contributed by atoms with Crippen molar-refractivity contribution in [1.82, 2.24) is 4.72 Å². The quantitative estimate of drug-likeness (QED) is 0.867. The van der Waals surface area contributed by atoms with Crippen LogP contribution in [0.1, 0.15) is 24.1 Å². The normalized spacial score (nSPS) is 13.1. The van der Waals surface area contributed by atoms with Gasteiger partial charge in [0.2, 0.25) is 10.0 Å². The largest absolute Gasteiger partial charge is 0.378 e. The fourth-order valence-electron chi connectivity index (χ4n) is 1.91. The first-order valence-electron chi connectivity index (χ1n) is 6.38. The summed E-state index contributed by atoms with van der Waals surface area (Å²) in [6, 6.07) is 6.98. The summed E-state index contributed by atoms with van der Waals surface area (Å²) in [5.74, 6) is 0. The second-order valence-electron chi connectivity index (χ2n) is 4.73. The molecule has 0 aliphatic rings. The zero-order valence-electron chi connectivity index (χ0n) is 12.0. The van der Waals surface area contributed by atoms with Gasteiger partial charge in [-0.05, 0) is 55.6 Å². The Bertz CT molecular complexity index is 741. The predicted octanol–water partition coefficient (Wildman–Crippen LogP) is 3.79. The van der Waals surface area contributed by atoms with Crippen molar-refractivity contribution >= 4 is 38.6 Å². The fraction of sp³-hybridized carbons (Fsp3) is 0.286. The van der Waals surface area contributed by atoms with Gasteiger partial charge in [0.15, 0.2) is 0 Å². The summed E-state index contributed by atoms with van der Waals surface area (Å²) in [5.41, 5.74) is 2.85. The standard InChI is InChI=1S/C14H17ClN2O2S2/c1-9-4-5-12(21(18,19)16-3)7-13(9)17-10(2)11-6-14(15)20-8-11/h4-8,10,16-17H,1-3H3. The number of benzene rings is 1. The molecule has 4 nitrogen and oxygen atoms in total. The summed E-state index contributed by atoms with van der Waals surface area (Å²) < 4.78 is 26.8. The van der Waals surface area contributed by atoms with Crippen LogP contribution in [0.3, 0.4) is 0 Å². The Morgan fingerprint density at radius 3 is 2.57 bits per heavy atom. The predicted molar refractivity (Wildman–Crippen MR) is 88.8 cm³/mol. The molecule has 0 fully saturated rings. The Balaban J connectivity index is 2.29. The van der Waals surface area contributed by atoms with E-state index < -0.39 is 10.0 Å². The Morgan fingerprint density at radius 2 is 2.00 bits per heavy atom. The summed E-state index contributed by atoms with van der Waals surface area (Å²) in [4.78, 5) is 0.244. The SMILES string of the molecule is CNS(=O)(=O)c1ccc(C)c(NC(C)c2csc(Cl)c2)c1. The van der Waals surface area contributed by atoms with Crippen molar-refractivity contribution in [1.29, 1.82) is 0 Å². The minimum Gasteiger partial charge on any atom is -0.378 e. The molecule has 2 rings (SSSR count). The number of aryl methyl sites for hydroxylation is 1. The Morgan fingerprint density at radius 1 is 1.29 bits per heavy atom. The van der Waals surface area contributed by atoms with Gasteiger partial charge in [0.05, 0.1) is 9.23 Å². The minimum atomic E-state index is -3.44. The van der Waals surface area contributed by atoms with E-state index in [1.807, 2.05) is 25.3 Å². The third kappa shape index (κ3) is 3.77. The molecule has 2 aromatic rings. The van der Waals surface area contributed by atoms with Crippen LogP contribution in [0.4, 0.5) is 5.69 Å². The van der Waals surface area contributed by atoms with Gasteiger partial charge in [0.25, 0.3) is 0 Å². The van der Waals surface area contributed by atoms with Crippen molar-refractivity contribution in [3.05, 3.63) is 45.1 Å². The molecule has 0 spiro atoms.